The third-order valence-electron chi connectivity index (χ3n) is 4.49. The summed E-state index contributed by atoms with van der Waals surface area (Å²) in [5, 5.41) is 20.6. The Kier molecular flexibility index (Phi) is 4.70. The summed E-state index contributed by atoms with van der Waals surface area (Å²) in [6.45, 7) is -2.65. The summed E-state index contributed by atoms with van der Waals surface area (Å²) < 4.78 is 85.7. The maximum atomic E-state index is 15.8. The molecular formula is C17H17F2N2O8PS. The molecule has 168 valence electrons. The SMILES string of the molecule is [2H]C([2H])(OP1(=O)OCc2cccc(C)c2O1)[C@@]1(F)O[C@@]([2H])(n2cc(F)c(=S)[nH]c2=O)[C@H](O)[C@@H]1O. The number of hydrogen-bond acceptors (Lipinski definition) is 9. The van der Waals surface area contributed by atoms with E-state index in [4.69, 9.17) is 17.7 Å². The quantitative estimate of drug-likeness (QED) is 0.443. The highest BCUT2D eigenvalue weighted by atomic mass is 32.1. The van der Waals surface area contributed by atoms with Gasteiger partial charge in [-0.2, -0.15) is 0 Å². The largest absolute Gasteiger partial charge is 0.530 e. The number of alkyl halides is 1. The lowest BCUT2D eigenvalue weighted by atomic mass is 10.1. The number of phosphoric ester groups is 1. The van der Waals surface area contributed by atoms with Crippen molar-refractivity contribution in [3.8, 4) is 5.75 Å². The third-order valence-corrected chi connectivity index (χ3v) is 5.96. The molecule has 1 aromatic carbocycles. The second-order valence-corrected chi connectivity index (χ2v) is 8.58. The van der Waals surface area contributed by atoms with E-state index in [9.17, 15) is 24.0 Å². The molecule has 2 aliphatic rings. The first-order valence-electron chi connectivity index (χ1n) is 10.1. The van der Waals surface area contributed by atoms with Crippen LogP contribution >= 0.6 is 20.0 Å². The molecule has 0 bridgehead atoms. The molecule has 14 heteroatoms. The highest BCUT2D eigenvalue weighted by Crippen LogP contribution is 2.56. The summed E-state index contributed by atoms with van der Waals surface area (Å²) in [6.07, 6.45) is -8.53. The zero-order valence-corrected chi connectivity index (χ0v) is 17.3. The van der Waals surface area contributed by atoms with Gasteiger partial charge in [0, 0.05) is 5.56 Å². The summed E-state index contributed by atoms with van der Waals surface area (Å²) in [6, 6.07) is 4.83. The fourth-order valence-corrected chi connectivity index (χ4v) is 4.20. The number of phosphoric acid groups is 1. The summed E-state index contributed by atoms with van der Waals surface area (Å²) in [4.78, 5) is 14.0. The van der Waals surface area contributed by atoms with Gasteiger partial charge in [-0.1, -0.05) is 30.4 Å². The van der Waals surface area contributed by atoms with Crippen LogP contribution in [-0.4, -0.2) is 44.4 Å². The number of nitrogens with one attached hydrogen (secondary N) is 1. The van der Waals surface area contributed by atoms with E-state index in [2.05, 4.69) is 17.0 Å². The van der Waals surface area contributed by atoms with Crippen molar-refractivity contribution in [1.29, 1.82) is 0 Å². The van der Waals surface area contributed by atoms with Gasteiger partial charge in [0.2, 0.25) is 0 Å². The minimum absolute atomic E-state index is 0.0265. The molecule has 1 saturated heterocycles. The average molecular weight is 481 g/mol. The van der Waals surface area contributed by atoms with Crippen LogP contribution in [0, 0.1) is 17.4 Å². The molecule has 2 aromatic rings. The lowest BCUT2D eigenvalue weighted by Gasteiger charge is -2.29. The third kappa shape index (κ3) is 3.98. The highest BCUT2D eigenvalue weighted by Gasteiger charge is 2.57. The maximum absolute atomic E-state index is 15.8. The summed E-state index contributed by atoms with van der Waals surface area (Å²) in [5.74, 6) is -5.33. The van der Waals surface area contributed by atoms with Crippen molar-refractivity contribution in [3.63, 3.8) is 0 Å². The van der Waals surface area contributed by atoms with Crippen LogP contribution in [0.15, 0.2) is 29.2 Å². The van der Waals surface area contributed by atoms with Gasteiger partial charge in [0.1, 0.15) is 29.2 Å². The van der Waals surface area contributed by atoms with Crippen LogP contribution in [0.4, 0.5) is 8.78 Å². The number of aromatic amines is 1. The Hall–Kier alpha value is -1.99. The van der Waals surface area contributed by atoms with Crippen molar-refractivity contribution in [1.82, 2.24) is 9.55 Å². The van der Waals surface area contributed by atoms with Gasteiger partial charge in [-0.25, -0.2) is 18.1 Å². The molecule has 1 unspecified atom stereocenters. The number of para-hydroxylation sites is 1. The fraction of sp³-hybridized carbons (Fsp3) is 0.412. The number of benzene rings is 1. The molecule has 0 aliphatic carbocycles. The Bertz CT molecular complexity index is 1330. The van der Waals surface area contributed by atoms with E-state index in [0.717, 1.165) is 0 Å². The number of rotatable bonds is 4. The Balaban J connectivity index is 1.69. The van der Waals surface area contributed by atoms with E-state index >= 15 is 4.39 Å². The van der Waals surface area contributed by atoms with Crippen molar-refractivity contribution >= 4 is 20.0 Å². The molecule has 3 heterocycles. The van der Waals surface area contributed by atoms with Crippen LogP contribution in [-0.2, 0) is 25.0 Å². The number of aliphatic hydroxyl groups excluding tert-OH is 2. The normalized spacial score (nSPS) is 36.7. The van der Waals surface area contributed by atoms with Crippen LogP contribution in [0.25, 0.3) is 0 Å². The summed E-state index contributed by atoms with van der Waals surface area (Å²) in [7, 11) is -4.87. The maximum Gasteiger partial charge on any atom is 0.530 e. The molecule has 0 radical (unpaired) electrons. The smallest absolute Gasteiger partial charge is 0.403 e. The fourth-order valence-electron chi connectivity index (χ4n) is 2.90. The van der Waals surface area contributed by atoms with Crippen LogP contribution < -0.4 is 10.2 Å². The first-order chi connectivity index (χ1) is 15.6. The second-order valence-electron chi connectivity index (χ2n) is 6.65. The van der Waals surface area contributed by atoms with Crippen LogP contribution in [0.2, 0.25) is 0 Å². The number of ether oxygens (including phenoxy) is 1. The number of halogens is 2. The van der Waals surface area contributed by atoms with Gasteiger partial charge < -0.3 is 19.5 Å². The molecule has 0 saturated carbocycles. The predicted molar refractivity (Wildman–Crippen MR) is 102 cm³/mol. The zero-order valence-electron chi connectivity index (χ0n) is 18.6. The van der Waals surface area contributed by atoms with E-state index in [1.165, 1.54) is 0 Å². The lowest BCUT2D eigenvalue weighted by molar-refractivity contribution is -0.205. The minimum Gasteiger partial charge on any atom is -0.403 e. The molecular weight excluding hydrogens is 461 g/mol. The molecule has 5 atom stereocenters. The molecule has 10 nitrogen and oxygen atoms in total. The lowest BCUT2D eigenvalue weighted by Crippen LogP contribution is -2.43. The molecule has 1 aromatic heterocycles. The Morgan fingerprint density at radius 2 is 2.29 bits per heavy atom. The number of nitrogens with zero attached hydrogens (tertiary/aromatic N) is 1. The van der Waals surface area contributed by atoms with Crippen LogP contribution in [0.1, 0.15) is 21.4 Å². The number of aliphatic hydroxyl groups is 2. The van der Waals surface area contributed by atoms with Crippen molar-refractivity contribution in [3.05, 3.63) is 56.5 Å². The van der Waals surface area contributed by atoms with Gasteiger partial charge in [0.25, 0.3) is 5.85 Å². The molecule has 4 rings (SSSR count). The van der Waals surface area contributed by atoms with E-state index in [-0.39, 0.29) is 16.9 Å². The van der Waals surface area contributed by atoms with Gasteiger partial charge in [-0.15, -0.1) is 0 Å². The first kappa shape index (κ1) is 18.6. The monoisotopic (exact) mass is 481 g/mol. The van der Waals surface area contributed by atoms with Gasteiger partial charge >= 0.3 is 13.5 Å². The number of H-pyrrole nitrogens is 1. The van der Waals surface area contributed by atoms with Crippen molar-refractivity contribution in [2.45, 2.75) is 37.8 Å². The van der Waals surface area contributed by atoms with Gasteiger partial charge in [-0.05, 0) is 12.5 Å². The molecule has 31 heavy (non-hydrogen) atoms. The second kappa shape index (κ2) is 7.85. The molecule has 0 spiro atoms. The number of aryl methyl sites for hydroxylation is 1. The topological polar surface area (TPSA) is 132 Å². The predicted octanol–water partition coefficient (Wildman–Crippen LogP) is 2.00. The Morgan fingerprint density at radius 1 is 1.55 bits per heavy atom. The van der Waals surface area contributed by atoms with Crippen LogP contribution in [0.3, 0.4) is 0 Å². The molecule has 3 N–H and O–H groups in total. The van der Waals surface area contributed by atoms with Crippen molar-refractivity contribution < 1.29 is 46.0 Å². The summed E-state index contributed by atoms with van der Waals surface area (Å²) >= 11 is 4.54. The van der Waals surface area contributed by atoms with Gasteiger partial charge in [-0.3, -0.25) is 18.6 Å². The van der Waals surface area contributed by atoms with Crippen LogP contribution in [0.5, 0.6) is 5.75 Å². The average Bonchev–Trinajstić information content (AvgIpc) is 2.93. The summed E-state index contributed by atoms with van der Waals surface area (Å²) in [5.41, 5.74) is -0.399. The van der Waals surface area contributed by atoms with Gasteiger partial charge in [0.05, 0.1) is 16.9 Å². The molecule has 0 amide bonds. The number of fused-ring (bicyclic) bond motifs is 1. The number of hydrogen-bond donors (Lipinski definition) is 3. The number of aromatic nitrogens is 2. The van der Waals surface area contributed by atoms with E-state index < -0.39 is 54.8 Å². The first-order valence-corrected chi connectivity index (χ1v) is 10.5. The Morgan fingerprint density at radius 3 is 3.03 bits per heavy atom. The highest BCUT2D eigenvalue weighted by molar-refractivity contribution is 7.71. The van der Waals surface area contributed by atoms with E-state index in [0.29, 0.717) is 17.3 Å². The molecule has 2 aliphatic heterocycles. The van der Waals surface area contributed by atoms with Crippen molar-refractivity contribution in [2.24, 2.45) is 0 Å². The van der Waals surface area contributed by atoms with E-state index in [1.807, 2.05) is 4.98 Å². The van der Waals surface area contributed by atoms with Crippen molar-refractivity contribution in [2.75, 3.05) is 6.56 Å². The molecule has 1 fully saturated rings. The van der Waals surface area contributed by atoms with Gasteiger partial charge in [0.15, 0.2) is 12.0 Å². The Labute approximate surface area is 182 Å². The van der Waals surface area contributed by atoms with E-state index in [1.54, 1.807) is 25.1 Å². The zero-order chi connectivity index (χ0) is 25.3. The standard InChI is InChI=1S/C17H17F2N2O8PS/c1-8-3-2-4-9-6-26-30(25,29-12(8)9)27-7-17(19)13(23)11(22)15(28-17)21-5-10(18)14(31)20-16(21)24/h2-5,11,13,15,22-23H,6-7H2,1H3,(H,20,24,31)/t11-,13+,15-,17-,30?/m1/s1/i7D2,15D. The minimum atomic E-state index is -4.87.